The molecule has 1 atom stereocenters. The number of benzene rings is 2. The number of primary amides is 1. The summed E-state index contributed by atoms with van der Waals surface area (Å²) in [5.74, 6) is -0.104. The maximum atomic E-state index is 12.9. The molecule has 2 N–H and O–H groups in total. The van der Waals surface area contributed by atoms with Crippen molar-refractivity contribution in [2.45, 2.75) is 6.04 Å². The van der Waals surface area contributed by atoms with Gasteiger partial charge in [0.25, 0.3) is 5.91 Å². The third kappa shape index (κ3) is 4.41. The monoisotopic (exact) mass is 421 g/mol. The van der Waals surface area contributed by atoms with Crippen LogP contribution in [0.15, 0.2) is 42.5 Å². The fourth-order valence-electron chi connectivity index (χ4n) is 3.40. The first-order chi connectivity index (χ1) is 13.4. The van der Waals surface area contributed by atoms with Crippen LogP contribution in [0.4, 0.5) is 0 Å². The quantitative estimate of drug-likeness (QED) is 0.804. The van der Waals surface area contributed by atoms with Crippen LogP contribution in [0.1, 0.15) is 22.0 Å². The summed E-state index contributed by atoms with van der Waals surface area (Å²) < 4.78 is 5.28. The van der Waals surface area contributed by atoms with Crippen molar-refractivity contribution in [1.29, 1.82) is 0 Å². The van der Waals surface area contributed by atoms with Gasteiger partial charge in [0.15, 0.2) is 0 Å². The van der Waals surface area contributed by atoms with Crippen molar-refractivity contribution in [2.75, 3.05) is 33.3 Å². The molecule has 1 fully saturated rings. The minimum absolute atomic E-state index is 0.152. The van der Waals surface area contributed by atoms with Gasteiger partial charge in [-0.2, -0.15) is 0 Å². The highest BCUT2D eigenvalue weighted by Crippen LogP contribution is 2.27. The summed E-state index contributed by atoms with van der Waals surface area (Å²) in [6.07, 6.45) is 0. The molecule has 1 heterocycles. The second-order valence-corrected chi connectivity index (χ2v) is 7.40. The zero-order valence-corrected chi connectivity index (χ0v) is 16.9. The predicted molar refractivity (Wildman–Crippen MR) is 109 cm³/mol. The molecule has 3 rings (SSSR count). The van der Waals surface area contributed by atoms with Crippen LogP contribution in [0.2, 0.25) is 10.0 Å². The molecular formula is C20H21Cl2N3O3. The van der Waals surface area contributed by atoms with Gasteiger partial charge in [-0.1, -0.05) is 35.3 Å². The first kappa shape index (κ1) is 20.5. The summed E-state index contributed by atoms with van der Waals surface area (Å²) in [5.41, 5.74) is 6.86. The Hall–Kier alpha value is -2.28. The molecule has 0 aromatic heterocycles. The number of nitrogens with two attached hydrogens (primary N) is 1. The van der Waals surface area contributed by atoms with E-state index in [1.165, 1.54) is 7.11 Å². The Labute approximate surface area is 173 Å². The Kier molecular flexibility index (Phi) is 6.44. The molecule has 0 spiro atoms. The maximum absolute atomic E-state index is 12.9. The smallest absolute Gasteiger partial charge is 0.257 e. The molecule has 28 heavy (non-hydrogen) atoms. The third-order valence-electron chi connectivity index (χ3n) is 4.81. The normalized spacial score (nSPS) is 15.9. The van der Waals surface area contributed by atoms with Crippen molar-refractivity contribution in [3.05, 3.63) is 63.6 Å². The summed E-state index contributed by atoms with van der Waals surface area (Å²) in [6.45, 7) is 1.97. The lowest BCUT2D eigenvalue weighted by Crippen LogP contribution is -2.51. The van der Waals surface area contributed by atoms with Crippen LogP contribution in [-0.2, 0) is 4.79 Å². The fraction of sp³-hybridized carbons (Fsp3) is 0.300. The number of piperazine rings is 1. The number of carbonyl (C=O) groups is 2. The Balaban J connectivity index is 1.72. The van der Waals surface area contributed by atoms with E-state index in [0.29, 0.717) is 47.5 Å². The molecule has 1 saturated heterocycles. The van der Waals surface area contributed by atoms with E-state index in [2.05, 4.69) is 0 Å². The van der Waals surface area contributed by atoms with E-state index in [1.807, 2.05) is 4.90 Å². The van der Waals surface area contributed by atoms with Gasteiger partial charge in [0, 0.05) is 36.2 Å². The van der Waals surface area contributed by atoms with Crippen molar-refractivity contribution in [1.82, 2.24) is 9.80 Å². The average Bonchev–Trinajstić information content (AvgIpc) is 2.69. The lowest BCUT2D eigenvalue weighted by Gasteiger charge is -2.38. The van der Waals surface area contributed by atoms with Crippen LogP contribution in [0, 0.1) is 0 Å². The minimum atomic E-state index is -0.560. The van der Waals surface area contributed by atoms with Crippen molar-refractivity contribution in [3.8, 4) is 5.75 Å². The van der Waals surface area contributed by atoms with Crippen molar-refractivity contribution in [2.24, 2.45) is 5.73 Å². The highest BCUT2D eigenvalue weighted by molar-refractivity contribution is 6.31. The van der Waals surface area contributed by atoms with Crippen LogP contribution >= 0.6 is 23.2 Å². The summed E-state index contributed by atoms with van der Waals surface area (Å²) in [4.78, 5) is 28.7. The lowest BCUT2D eigenvalue weighted by molar-refractivity contribution is -0.124. The zero-order chi connectivity index (χ0) is 20.3. The predicted octanol–water partition coefficient (Wildman–Crippen LogP) is 2.99. The van der Waals surface area contributed by atoms with Crippen LogP contribution in [0.5, 0.6) is 5.75 Å². The largest absolute Gasteiger partial charge is 0.496 e. The number of hydrogen-bond donors (Lipinski definition) is 1. The zero-order valence-electron chi connectivity index (χ0n) is 15.4. The van der Waals surface area contributed by atoms with Crippen molar-refractivity contribution >= 4 is 35.0 Å². The van der Waals surface area contributed by atoms with Gasteiger partial charge in [-0.3, -0.25) is 14.5 Å². The van der Waals surface area contributed by atoms with Crippen LogP contribution in [-0.4, -0.2) is 54.9 Å². The molecule has 2 amide bonds. The molecule has 1 aliphatic heterocycles. The standard InChI is InChI=1S/C20H21Cl2N3O3/c1-28-17-7-6-15(22)12-16(17)20(27)25-10-8-24(9-11-25)18(19(23)26)13-2-4-14(21)5-3-13/h2-7,12,18H,8-11H2,1H3,(H2,23,26). The molecule has 0 saturated carbocycles. The first-order valence-corrected chi connectivity index (χ1v) is 9.58. The highest BCUT2D eigenvalue weighted by Gasteiger charge is 2.31. The number of nitrogens with zero attached hydrogens (tertiary/aromatic N) is 2. The van der Waals surface area contributed by atoms with Crippen LogP contribution in [0.25, 0.3) is 0 Å². The highest BCUT2D eigenvalue weighted by atomic mass is 35.5. The Morgan fingerprint density at radius 3 is 2.18 bits per heavy atom. The van der Waals surface area contributed by atoms with Gasteiger partial charge in [0.05, 0.1) is 12.7 Å². The molecule has 0 aliphatic carbocycles. The fourth-order valence-corrected chi connectivity index (χ4v) is 3.70. The van der Waals surface area contributed by atoms with E-state index in [1.54, 1.807) is 47.4 Å². The summed E-state index contributed by atoms with van der Waals surface area (Å²) in [6, 6.07) is 11.5. The molecule has 1 unspecified atom stereocenters. The lowest BCUT2D eigenvalue weighted by atomic mass is 10.0. The number of carbonyl (C=O) groups excluding carboxylic acids is 2. The second kappa shape index (κ2) is 8.82. The number of amides is 2. The van der Waals surface area contributed by atoms with Gasteiger partial charge in [-0.05, 0) is 35.9 Å². The van der Waals surface area contributed by atoms with Gasteiger partial charge in [0.2, 0.25) is 5.91 Å². The first-order valence-electron chi connectivity index (χ1n) is 8.82. The van der Waals surface area contributed by atoms with Gasteiger partial charge in [-0.25, -0.2) is 0 Å². The van der Waals surface area contributed by atoms with Crippen LogP contribution < -0.4 is 10.5 Å². The summed E-state index contributed by atoms with van der Waals surface area (Å²) in [5, 5.41) is 1.07. The van der Waals surface area contributed by atoms with E-state index < -0.39 is 11.9 Å². The van der Waals surface area contributed by atoms with Gasteiger partial charge in [-0.15, -0.1) is 0 Å². The number of halogens is 2. The Bertz CT molecular complexity index is 865. The molecule has 2 aromatic carbocycles. The molecule has 2 aromatic rings. The van der Waals surface area contributed by atoms with Gasteiger partial charge >= 0.3 is 0 Å². The molecule has 6 nitrogen and oxygen atoms in total. The SMILES string of the molecule is COc1ccc(Cl)cc1C(=O)N1CCN(C(C(N)=O)c2ccc(Cl)cc2)CC1. The van der Waals surface area contributed by atoms with Crippen molar-refractivity contribution in [3.63, 3.8) is 0 Å². The third-order valence-corrected chi connectivity index (χ3v) is 5.30. The van der Waals surface area contributed by atoms with Crippen molar-refractivity contribution < 1.29 is 14.3 Å². The second-order valence-electron chi connectivity index (χ2n) is 6.53. The van der Waals surface area contributed by atoms with E-state index in [0.717, 1.165) is 5.56 Å². The molecule has 148 valence electrons. The number of hydrogen-bond acceptors (Lipinski definition) is 4. The topological polar surface area (TPSA) is 75.9 Å². The molecular weight excluding hydrogens is 401 g/mol. The van der Waals surface area contributed by atoms with E-state index >= 15 is 0 Å². The average molecular weight is 422 g/mol. The maximum Gasteiger partial charge on any atom is 0.257 e. The van der Waals surface area contributed by atoms with E-state index in [-0.39, 0.29) is 5.91 Å². The van der Waals surface area contributed by atoms with E-state index in [4.69, 9.17) is 33.7 Å². The van der Waals surface area contributed by atoms with Gasteiger partial charge in [0.1, 0.15) is 11.8 Å². The Morgan fingerprint density at radius 2 is 1.61 bits per heavy atom. The van der Waals surface area contributed by atoms with Crippen LogP contribution in [0.3, 0.4) is 0 Å². The molecule has 0 radical (unpaired) electrons. The minimum Gasteiger partial charge on any atom is -0.496 e. The molecule has 1 aliphatic rings. The summed E-state index contributed by atoms with van der Waals surface area (Å²) >= 11 is 12.0. The molecule has 0 bridgehead atoms. The van der Waals surface area contributed by atoms with Gasteiger partial charge < -0.3 is 15.4 Å². The number of methoxy groups -OCH3 is 1. The number of ether oxygens (including phenoxy) is 1. The molecule has 8 heteroatoms. The summed E-state index contributed by atoms with van der Waals surface area (Å²) in [7, 11) is 1.52. The van der Waals surface area contributed by atoms with E-state index in [9.17, 15) is 9.59 Å². The number of rotatable bonds is 5. The Morgan fingerprint density at radius 1 is 1.00 bits per heavy atom.